The van der Waals surface area contributed by atoms with E-state index in [0.717, 1.165) is 10.6 Å². The van der Waals surface area contributed by atoms with Gasteiger partial charge in [0.25, 0.3) is 0 Å². The van der Waals surface area contributed by atoms with Gasteiger partial charge in [0.05, 0.1) is 0 Å². The Bertz CT molecular complexity index is 579. The Balaban J connectivity index is 2.23. The Kier molecular flexibility index (Phi) is 5.35. The van der Waals surface area contributed by atoms with E-state index < -0.39 is 13.1 Å². The van der Waals surface area contributed by atoms with E-state index in [0.29, 0.717) is 19.0 Å². The molecule has 0 radical (unpaired) electrons. The SMILES string of the molecule is O=C(O)CCCCP(=O)(c1ccccc1)c1ccccc1. The number of aliphatic carboxylic acids is 1. The number of carboxylic acid groups (broad SMARTS) is 1. The van der Waals surface area contributed by atoms with E-state index >= 15 is 0 Å². The molecule has 0 unspecified atom stereocenters. The van der Waals surface area contributed by atoms with Gasteiger partial charge in [0.15, 0.2) is 0 Å². The third kappa shape index (κ3) is 4.05. The molecular weight excluding hydrogens is 283 g/mol. The number of rotatable bonds is 7. The Hall–Kier alpha value is -1.86. The predicted molar refractivity (Wildman–Crippen MR) is 86.1 cm³/mol. The molecular formula is C17H19O3P. The van der Waals surface area contributed by atoms with Crippen LogP contribution in [0.25, 0.3) is 0 Å². The molecule has 0 spiro atoms. The lowest BCUT2D eigenvalue weighted by molar-refractivity contribution is -0.137. The van der Waals surface area contributed by atoms with Crippen LogP contribution in [0.5, 0.6) is 0 Å². The summed E-state index contributed by atoms with van der Waals surface area (Å²) in [7, 11) is -2.68. The molecule has 0 bridgehead atoms. The summed E-state index contributed by atoms with van der Waals surface area (Å²) in [6, 6.07) is 19.0. The van der Waals surface area contributed by atoms with E-state index in [-0.39, 0.29) is 6.42 Å². The zero-order chi connectivity index (χ0) is 15.1. The molecule has 0 aromatic heterocycles. The molecule has 0 atom stereocenters. The maximum atomic E-state index is 13.5. The lowest BCUT2D eigenvalue weighted by Gasteiger charge is -2.19. The third-order valence-corrected chi connectivity index (χ3v) is 6.67. The largest absolute Gasteiger partial charge is 0.481 e. The first-order chi connectivity index (χ1) is 10.1. The van der Waals surface area contributed by atoms with Gasteiger partial charge in [-0.25, -0.2) is 0 Å². The summed E-state index contributed by atoms with van der Waals surface area (Å²) in [5, 5.41) is 10.4. The van der Waals surface area contributed by atoms with Crippen molar-refractivity contribution in [2.24, 2.45) is 0 Å². The number of unbranched alkanes of at least 4 members (excludes halogenated alkanes) is 1. The highest BCUT2D eigenvalue weighted by molar-refractivity contribution is 7.78. The van der Waals surface area contributed by atoms with Crippen LogP contribution in [0.1, 0.15) is 19.3 Å². The van der Waals surface area contributed by atoms with E-state index in [9.17, 15) is 9.36 Å². The minimum Gasteiger partial charge on any atom is -0.481 e. The Morgan fingerprint density at radius 3 is 1.76 bits per heavy atom. The molecule has 2 rings (SSSR count). The van der Waals surface area contributed by atoms with Crippen LogP contribution in [-0.4, -0.2) is 17.2 Å². The molecule has 0 aliphatic carbocycles. The molecule has 2 aromatic carbocycles. The average Bonchev–Trinajstić information content (AvgIpc) is 2.53. The molecule has 0 aliphatic heterocycles. The van der Waals surface area contributed by atoms with Gasteiger partial charge < -0.3 is 9.67 Å². The number of carbonyl (C=O) groups is 1. The van der Waals surface area contributed by atoms with E-state index in [2.05, 4.69) is 0 Å². The molecule has 0 heterocycles. The highest BCUT2D eigenvalue weighted by Crippen LogP contribution is 2.44. The number of hydrogen-bond donors (Lipinski definition) is 1. The van der Waals surface area contributed by atoms with Gasteiger partial charge in [0.2, 0.25) is 0 Å². The van der Waals surface area contributed by atoms with Crippen LogP contribution in [0.3, 0.4) is 0 Å². The maximum Gasteiger partial charge on any atom is 0.303 e. The van der Waals surface area contributed by atoms with Gasteiger partial charge in [-0.15, -0.1) is 0 Å². The highest BCUT2D eigenvalue weighted by atomic mass is 31.2. The Morgan fingerprint density at radius 2 is 1.33 bits per heavy atom. The van der Waals surface area contributed by atoms with Crippen molar-refractivity contribution in [2.45, 2.75) is 19.3 Å². The van der Waals surface area contributed by atoms with Gasteiger partial charge in [-0.2, -0.15) is 0 Å². The normalized spacial score (nSPS) is 11.2. The van der Waals surface area contributed by atoms with E-state index in [1.807, 2.05) is 60.7 Å². The second-order valence-electron chi connectivity index (χ2n) is 4.99. The number of hydrogen-bond acceptors (Lipinski definition) is 2. The average molecular weight is 302 g/mol. The fourth-order valence-electron chi connectivity index (χ4n) is 2.36. The fraction of sp³-hybridized carbons (Fsp3) is 0.235. The van der Waals surface area contributed by atoms with Gasteiger partial charge in [-0.05, 0) is 12.8 Å². The lowest BCUT2D eigenvalue weighted by Crippen LogP contribution is -2.18. The monoisotopic (exact) mass is 302 g/mol. The zero-order valence-electron chi connectivity index (χ0n) is 11.8. The summed E-state index contributed by atoms with van der Waals surface area (Å²) >= 11 is 0. The van der Waals surface area contributed by atoms with Gasteiger partial charge in [-0.3, -0.25) is 4.79 Å². The van der Waals surface area contributed by atoms with Crippen molar-refractivity contribution >= 4 is 23.7 Å². The van der Waals surface area contributed by atoms with Gasteiger partial charge >= 0.3 is 5.97 Å². The van der Waals surface area contributed by atoms with Crippen molar-refractivity contribution in [3.8, 4) is 0 Å². The smallest absolute Gasteiger partial charge is 0.303 e. The second-order valence-corrected chi connectivity index (χ2v) is 7.94. The third-order valence-electron chi connectivity index (χ3n) is 3.46. The molecule has 0 saturated carbocycles. The van der Waals surface area contributed by atoms with Crippen molar-refractivity contribution in [1.29, 1.82) is 0 Å². The molecule has 0 saturated heterocycles. The molecule has 3 nitrogen and oxygen atoms in total. The molecule has 1 N–H and O–H groups in total. The standard InChI is InChI=1S/C17H19O3P/c18-17(19)13-7-8-14-21(20,15-9-3-1-4-10-15)16-11-5-2-6-12-16/h1-6,9-12H,7-8,13-14H2,(H,18,19). The Labute approximate surface area is 125 Å². The highest BCUT2D eigenvalue weighted by Gasteiger charge is 2.26. The first-order valence-electron chi connectivity index (χ1n) is 7.05. The molecule has 2 aromatic rings. The molecule has 0 aliphatic rings. The Morgan fingerprint density at radius 1 is 0.857 bits per heavy atom. The van der Waals surface area contributed by atoms with Crippen molar-refractivity contribution in [2.75, 3.05) is 6.16 Å². The number of benzene rings is 2. The van der Waals surface area contributed by atoms with Gasteiger partial charge in [-0.1, -0.05) is 60.7 Å². The lowest BCUT2D eigenvalue weighted by atomic mass is 10.2. The fourth-order valence-corrected chi connectivity index (χ4v) is 5.15. The van der Waals surface area contributed by atoms with Crippen molar-refractivity contribution in [3.63, 3.8) is 0 Å². The van der Waals surface area contributed by atoms with Gasteiger partial charge in [0, 0.05) is 23.2 Å². The molecule has 21 heavy (non-hydrogen) atoms. The summed E-state index contributed by atoms with van der Waals surface area (Å²) in [4.78, 5) is 10.6. The summed E-state index contributed by atoms with van der Waals surface area (Å²) in [5.74, 6) is -0.802. The van der Waals surface area contributed by atoms with Crippen LogP contribution in [0.4, 0.5) is 0 Å². The first kappa shape index (κ1) is 15.5. The molecule has 110 valence electrons. The van der Waals surface area contributed by atoms with E-state index in [1.165, 1.54) is 0 Å². The first-order valence-corrected chi connectivity index (χ1v) is 8.94. The number of carboxylic acids is 1. The van der Waals surface area contributed by atoms with Crippen molar-refractivity contribution in [3.05, 3.63) is 60.7 Å². The second kappa shape index (κ2) is 7.24. The topological polar surface area (TPSA) is 54.4 Å². The molecule has 4 heteroatoms. The van der Waals surface area contributed by atoms with E-state index in [1.54, 1.807) is 0 Å². The van der Waals surface area contributed by atoms with Crippen molar-refractivity contribution < 1.29 is 14.5 Å². The minimum absolute atomic E-state index is 0.129. The van der Waals surface area contributed by atoms with Crippen LogP contribution < -0.4 is 10.6 Å². The zero-order valence-corrected chi connectivity index (χ0v) is 12.7. The summed E-state index contributed by atoms with van der Waals surface area (Å²) in [5.41, 5.74) is 0. The quantitative estimate of drug-likeness (QED) is 0.631. The van der Waals surface area contributed by atoms with Crippen LogP contribution in [0.15, 0.2) is 60.7 Å². The summed E-state index contributed by atoms with van der Waals surface area (Å²) < 4.78 is 13.5. The van der Waals surface area contributed by atoms with Crippen LogP contribution >= 0.6 is 7.14 Å². The van der Waals surface area contributed by atoms with Crippen LogP contribution in [0, 0.1) is 0 Å². The molecule has 0 fully saturated rings. The minimum atomic E-state index is -2.68. The van der Waals surface area contributed by atoms with Gasteiger partial charge in [0.1, 0.15) is 7.14 Å². The summed E-state index contributed by atoms with van der Waals surface area (Å²) in [6.07, 6.45) is 1.84. The van der Waals surface area contributed by atoms with Crippen LogP contribution in [0.2, 0.25) is 0 Å². The van der Waals surface area contributed by atoms with Crippen molar-refractivity contribution in [1.82, 2.24) is 0 Å². The predicted octanol–water partition coefficient (Wildman–Crippen LogP) is 3.26. The van der Waals surface area contributed by atoms with E-state index in [4.69, 9.17) is 5.11 Å². The maximum absolute atomic E-state index is 13.5. The molecule has 0 amide bonds. The van der Waals surface area contributed by atoms with Crippen LogP contribution in [-0.2, 0) is 9.36 Å². The summed E-state index contributed by atoms with van der Waals surface area (Å²) in [6.45, 7) is 0.